The number of nitrogens with zero attached hydrogens (tertiary/aromatic N) is 2. The summed E-state index contributed by atoms with van der Waals surface area (Å²) in [5, 5.41) is 7.53. The second-order valence-electron chi connectivity index (χ2n) is 8.03. The molecule has 4 nitrogen and oxygen atoms in total. The molecule has 138 valence electrons. The number of halogens is 1. The predicted octanol–water partition coefficient (Wildman–Crippen LogP) is 5.49. The predicted molar refractivity (Wildman–Crippen MR) is 111 cm³/mol. The molecule has 0 bridgehead atoms. The first-order chi connectivity index (χ1) is 12.8. The van der Waals surface area contributed by atoms with Gasteiger partial charge in [0.2, 0.25) is 0 Å². The first-order valence-electron chi connectivity index (χ1n) is 9.02. The molecule has 0 aliphatic carbocycles. The number of fused-ring (bicyclic) bond motifs is 1. The summed E-state index contributed by atoms with van der Waals surface area (Å²) in [4.78, 5) is 15.2. The maximum atomic E-state index is 13.3. The summed E-state index contributed by atoms with van der Waals surface area (Å²) >= 11 is 3.57. The second-order valence-corrected chi connectivity index (χ2v) is 8.95. The number of aromatic nitrogens is 2. The van der Waals surface area contributed by atoms with Gasteiger partial charge in [-0.25, -0.2) is 0 Å². The summed E-state index contributed by atoms with van der Waals surface area (Å²) < 4.78 is 0.995. The van der Waals surface area contributed by atoms with Gasteiger partial charge < -0.3 is 4.90 Å². The highest BCUT2D eigenvalue weighted by Gasteiger charge is 2.46. The quantitative estimate of drug-likeness (QED) is 0.591. The molecule has 1 amide bonds. The van der Waals surface area contributed by atoms with Gasteiger partial charge in [-0.05, 0) is 45.4 Å². The molecule has 1 aromatic heterocycles. The number of nitrogens with one attached hydrogen (secondary N) is 1. The Morgan fingerprint density at radius 1 is 1.11 bits per heavy atom. The van der Waals surface area contributed by atoms with E-state index in [2.05, 4.69) is 90.2 Å². The van der Waals surface area contributed by atoms with E-state index in [9.17, 15) is 4.79 Å². The van der Waals surface area contributed by atoms with E-state index in [4.69, 9.17) is 0 Å². The van der Waals surface area contributed by atoms with Gasteiger partial charge in [-0.3, -0.25) is 9.89 Å². The van der Waals surface area contributed by atoms with Crippen molar-refractivity contribution in [2.75, 3.05) is 0 Å². The van der Waals surface area contributed by atoms with Crippen molar-refractivity contribution in [1.82, 2.24) is 15.1 Å². The van der Waals surface area contributed by atoms with Gasteiger partial charge in [0.25, 0.3) is 5.91 Å². The fourth-order valence-electron chi connectivity index (χ4n) is 3.76. The topological polar surface area (TPSA) is 49.0 Å². The molecule has 0 saturated heterocycles. The average molecular weight is 424 g/mol. The molecule has 0 spiro atoms. The van der Waals surface area contributed by atoms with Crippen LogP contribution >= 0.6 is 15.9 Å². The lowest BCUT2D eigenvalue weighted by Crippen LogP contribution is -2.44. The van der Waals surface area contributed by atoms with Crippen molar-refractivity contribution in [3.05, 3.63) is 75.4 Å². The molecular formula is C22H22BrN3O. The standard InChI is InChI=1S/C22H22BrN3O/c1-13-8-10-14(11-9-13)18-17-19(25-24-18)21(27)26(22(2,3)4)20(17)15-6-5-7-16(23)12-15/h5-12,20H,1-4H3,(H,24,25). The lowest BCUT2D eigenvalue weighted by molar-refractivity contribution is 0.0546. The van der Waals surface area contributed by atoms with Crippen molar-refractivity contribution < 1.29 is 4.79 Å². The summed E-state index contributed by atoms with van der Waals surface area (Å²) in [5.74, 6) is -0.00617. The molecule has 1 N–H and O–H groups in total. The minimum Gasteiger partial charge on any atom is -0.321 e. The number of rotatable bonds is 2. The van der Waals surface area contributed by atoms with Crippen molar-refractivity contribution in [2.24, 2.45) is 0 Å². The lowest BCUT2D eigenvalue weighted by Gasteiger charge is -2.37. The van der Waals surface area contributed by atoms with Crippen molar-refractivity contribution in [2.45, 2.75) is 39.3 Å². The average Bonchev–Trinajstić information content (AvgIpc) is 3.14. The van der Waals surface area contributed by atoms with Crippen molar-refractivity contribution in [3.8, 4) is 11.3 Å². The maximum Gasteiger partial charge on any atom is 0.273 e. The highest BCUT2D eigenvalue weighted by Crippen LogP contribution is 2.46. The summed E-state index contributed by atoms with van der Waals surface area (Å²) in [5.41, 5.74) is 5.34. The molecule has 2 aromatic carbocycles. The number of carbonyl (C=O) groups is 1. The van der Waals surface area contributed by atoms with Crippen LogP contribution in [0.15, 0.2) is 53.0 Å². The van der Waals surface area contributed by atoms with Crippen LogP contribution in [0.2, 0.25) is 0 Å². The second kappa shape index (κ2) is 6.34. The number of H-pyrrole nitrogens is 1. The Hall–Kier alpha value is -2.40. The molecule has 27 heavy (non-hydrogen) atoms. The zero-order valence-electron chi connectivity index (χ0n) is 15.9. The molecule has 2 heterocycles. The Labute approximate surface area is 167 Å². The third-order valence-electron chi connectivity index (χ3n) is 4.98. The summed E-state index contributed by atoms with van der Waals surface area (Å²) in [6, 6.07) is 16.3. The summed E-state index contributed by atoms with van der Waals surface area (Å²) in [7, 11) is 0. The number of aromatic amines is 1. The fraction of sp³-hybridized carbons (Fsp3) is 0.273. The van der Waals surface area contributed by atoms with E-state index in [1.54, 1.807) is 0 Å². The highest BCUT2D eigenvalue weighted by molar-refractivity contribution is 9.10. The number of benzene rings is 2. The van der Waals surface area contributed by atoms with Crippen LogP contribution in [0.3, 0.4) is 0 Å². The molecule has 4 rings (SSSR count). The van der Waals surface area contributed by atoms with Crippen LogP contribution in [0.25, 0.3) is 11.3 Å². The number of aryl methyl sites for hydroxylation is 1. The molecule has 1 aliphatic rings. The van der Waals surface area contributed by atoms with Gasteiger partial charge in [-0.15, -0.1) is 0 Å². The third-order valence-corrected chi connectivity index (χ3v) is 5.47. The Morgan fingerprint density at radius 3 is 2.44 bits per heavy atom. The van der Waals surface area contributed by atoms with E-state index < -0.39 is 0 Å². The van der Waals surface area contributed by atoms with Gasteiger partial charge in [0.05, 0.1) is 11.7 Å². The summed E-state index contributed by atoms with van der Waals surface area (Å²) in [6.07, 6.45) is 0. The normalized spacial score (nSPS) is 16.7. The third kappa shape index (κ3) is 3.00. The number of hydrogen-bond acceptors (Lipinski definition) is 2. The van der Waals surface area contributed by atoms with E-state index in [1.807, 2.05) is 17.0 Å². The van der Waals surface area contributed by atoms with Crippen LogP contribution in [-0.2, 0) is 0 Å². The van der Waals surface area contributed by atoms with Gasteiger partial charge in [0.15, 0.2) is 0 Å². The van der Waals surface area contributed by atoms with Crippen LogP contribution in [-0.4, -0.2) is 26.5 Å². The monoisotopic (exact) mass is 423 g/mol. The van der Waals surface area contributed by atoms with Gasteiger partial charge in [0, 0.05) is 21.1 Å². The van der Waals surface area contributed by atoms with E-state index in [0.717, 1.165) is 26.9 Å². The summed E-state index contributed by atoms with van der Waals surface area (Å²) in [6.45, 7) is 8.27. The van der Waals surface area contributed by atoms with E-state index in [0.29, 0.717) is 5.69 Å². The Bertz CT molecular complexity index is 1010. The molecule has 3 aromatic rings. The van der Waals surface area contributed by atoms with Crippen LogP contribution in [0.4, 0.5) is 0 Å². The fourth-order valence-corrected chi connectivity index (χ4v) is 4.18. The smallest absolute Gasteiger partial charge is 0.273 e. The largest absolute Gasteiger partial charge is 0.321 e. The molecule has 1 atom stereocenters. The zero-order valence-corrected chi connectivity index (χ0v) is 17.5. The minimum absolute atomic E-state index is 0.00617. The Balaban J connectivity index is 1.95. The lowest BCUT2D eigenvalue weighted by atomic mass is 9.93. The van der Waals surface area contributed by atoms with Crippen molar-refractivity contribution in [1.29, 1.82) is 0 Å². The number of hydrogen-bond donors (Lipinski definition) is 1. The number of carbonyl (C=O) groups excluding carboxylic acids is 1. The molecule has 0 saturated carbocycles. The molecule has 1 aliphatic heterocycles. The first-order valence-corrected chi connectivity index (χ1v) is 9.81. The molecule has 5 heteroatoms. The van der Waals surface area contributed by atoms with E-state index in [1.165, 1.54) is 5.56 Å². The first kappa shape index (κ1) is 18.0. The van der Waals surface area contributed by atoms with Crippen LogP contribution in [0.5, 0.6) is 0 Å². The van der Waals surface area contributed by atoms with E-state index >= 15 is 0 Å². The highest BCUT2D eigenvalue weighted by atomic mass is 79.9. The molecule has 0 fully saturated rings. The van der Waals surface area contributed by atoms with Crippen LogP contribution in [0, 0.1) is 6.92 Å². The van der Waals surface area contributed by atoms with E-state index in [-0.39, 0.29) is 17.5 Å². The van der Waals surface area contributed by atoms with Gasteiger partial charge >= 0.3 is 0 Å². The van der Waals surface area contributed by atoms with Crippen LogP contribution in [0.1, 0.15) is 54.0 Å². The maximum absolute atomic E-state index is 13.3. The molecule has 0 radical (unpaired) electrons. The van der Waals surface area contributed by atoms with Crippen LogP contribution < -0.4 is 0 Å². The Kier molecular flexibility index (Phi) is 4.22. The number of amides is 1. The SMILES string of the molecule is Cc1ccc(-c2n[nH]c3c2C(c2cccc(Br)c2)N(C(C)(C)C)C3=O)cc1. The van der Waals surface area contributed by atoms with Gasteiger partial charge in [-0.2, -0.15) is 5.10 Å². The van der Waals surface area contributed by atoms with Crippen molar-refractivity contribution >= 4 is 21.8 Å². The molecular weight excluding hydrogens is 402 g/mol. The minimum atomic E-state index is -0.325. The zero-order chi connectivity index (χ0) is 19.3. The van der Waals surface area contributed by atoms with Crippen molar-refractivity contribution in [3.63, 3.8) is 0 Å². The Morgan fingerprint density at radius 2 is 1.81 bits per heavy atom. The molecule has 1 unspecified atom stereocenters. The van der Waals surface area contributed by atoms with Gasteiger partial charge in [0.1, 0.15) is 5.69 Å². The van der Waals surface area contributed by atoms with Gasteiger partial charge in [-0.1, -0.05) is 57.9 Å².